The van der Waals surface area contributed by atoms with Crippen molar-refractivity contribution in [3.8, 4) is 0 Å². The summed E-state index contributed by atoms with van der Waals surface area (Å²) < 4.78 is 4.84. The Hall–Kier alpha value is -0.260. The smallest absolute Gasteiger partial charge is 0.320 e. The van der Waals surface area contributed by atoms with Crippen LogP contribution >= 0.6 is 11.8 Å². The number of ether oxygens (including phenoxy) is 1. The molecule has 0 aliphatic rings. The number of carboxylic acids is 1. The first-order valence-corrected chi connectivity index (χ1v) is 6.05. The van der Waals surface area contributed by atoms with Gasteiger partial charge in [0.25, 0.3) is 0 Å². The van der Waals surface area contributed by atoms with Crippen LogP contribution in [-0.2, 0) is 9.53 Å². The Morgan fingerprint density at radius 1 is 1.64 bits per heavy atom. The van der Waals surface area contributed by atoms with E-state index in [0.717, 1.165) is 12.2 Å². The molecule has 4 nitrogen and oxygen atoms in total. The van der Waals surface area contributed by atoms with Crippen molar-refractivity contribution in [1.82, 2.24) is 5.32 Å². The normalized spacial score (nSPS) is 12.7. The fourth-order valence-corrected chi connectivity index (χ4v) is 1.54. The standard InChI is InChI=1S/C9H19NO3S/c1-13-6-5-10-8(9(11)12)4-3-7-14-2/h8,10H,3-7H2,1-2H3,(H,11,12). The van der Waals surface area contributed by atoms with Crippen molar-refractivity contribution in [2.75, 3.05) is 32.3 Å². The maximum Gasteiger partial charge on any atom is 0.320 e. The van der Waals surface area contributed by atoms with E-state index in [-0.39, 0.29) is 0 Å². The molecule has 0 saturated carbocycles. The molecule has 0 amide bonds. The number of thioether (sulfide) groups is 1. The highest BCUT2D eigenvalue weighted by molar-refractivity contribution is 7.98. The van der Waals surface area contributed by atoms with Gasteiger partial charge in [0.1, 0.15) is 6.04 Å². The molecule has 0 radical (unpaired) electrons. The molecule has 0 fully saturated rings. The zero-order valence-electron chi connectivity index (χ0n) is 8.78. The molecule has 0 aliphatic heterocycles. The monoisotopic (exact) mass is 221 g/mol. The number of carboxylic acid groups (broad SMARTS) is 1. The second-order valence-corrected chi connectivity index (χ2v) is 3.96. The van der Waals surface area contributed by atoms with E-state index in [1.54, 1.807) is 18.9 Å². The molecule has 0 aromatic rings. The molecule has 0 heterocycles. The summed E-state index contributed by atoms with van der Waals surface area (Å²) in [6, 6.07) is -0.433. The van der Waals surface area contributed by atoms with Gasteiger partial charge in [-0.15, -0.1) is 0 Å². The molecule has 1 unspecified atom stereocenters. The van der Waals surface area contributed by atoms with Crippen LogP contribution in [0.5, 0.6) is 0 Å². The second-order valence-electron chi connectivity index (χ2n) is 2.97. The lowest BCUT2D eigenvalue weighted by atomic mass is 10.2. The Labute approximate surface area is 89.4 Å². The van der Waals surface area contributed by atoms with Crippen molar-refractivity contribution >= 4 is 17.7 Å². The fraction of sp³-hybridized carbons (Fsp3) is 0.889. The Kier molecular flexibility index (Phi) is 9.13. The van der Waals surface area contributed by atoms with Gasteiger partial charge in [-0.3, -0.25) is 4.79 Å². The number of methoxy groups -OCH3 is 1. The van der Waals surface area contributed by atoms with E-state index < -0.39 is 12.0 Å². The first-order valence-electron chi connectivity index (χ1n) is 4.66. The molecule has 0 aromatic carbocycles. The van der Waals surface area contributed by atoms with E-state index >= 15 is 0 Å². The van der Waals surface area contributed by atoms with Crippen molar-refractivity contribution in [2.24, 2.45) is 0 Å². The molecule has 14 heavy (non-hydrogen) atoms. The average molecular weight is 221 g/mol. The van der Waals surface area contributed by atoms with Gasteiger partial charge in [0.05, 0.1) is 6.61 Å². The highest BCUT2D eigenvalue weighted by Gasteiger charge is 2.15. The van der Waals surface area contributed by atoms with E-state index in [0.29, 0.717) is 19.6 Å². The van der Waals surface area contributed by atoms with Gasteiger partial charge >= 0.3 is 5.97 Å². The predicted octanol–water partition coefficient (Wildman–Crippen LogP) is 0.819. The van der Waals surface area contributed by atoms with Gasteiger partial charge in [-0.1, -0.05) is 0 Å². The van der Waals surface area contributed by atoms with Crippen molar-refractivity contribution in [2.45, 2.75) is 18.9 Å². The fourth-order valence-electron chi connectivity index (χ4n) is 1.08. The van der Waals surface area contributed by atoms with Gasteiger partial charge in [0, 0.05) is 13.7 Å². The van der Waals surface area contributed by atoms with Crippen molar-refractivity contribution in [1.29, 1.82) is 0 Å². The molecule has 5 heteroatoms. The van der Waals surface area contributed by atoms with Gasteiger partial charge in [-0.25, -0.2) is 0 Å². The molecule has 2 N–H and O–H groups in total. The first-order chi connectivity index (χ1) is 6.72. The maximum absolute atomic E-state index is 10.8. The third-order valence-electron chi connectivity index (χ3n) is 1.84. The molecular formula is C9H19NO3S. The van der Waals surface area contributed by atoms with E-state index in [9.17, 15) is 4.79 Å². The summed E-state index contributed by atoms with van der Waals surface area (Å²) >= 11 is 1.74. The quantitative estimate of drug-likeness (QED) is 0.564. The number of carbonyl (C=O) groups is 1. The maximum atomic E-state index is 10.8. The average Bonchev–Trinajstić information content (AvgIpc) is 2.15. The topological polar surface area (TPSA) is 58.6 Å². The Balaban J connectivity index is 3.61. The number of rotatable bonds is 9. The number of aliphatic carboxylic acids is 1. The SMILES string of the molecule is COCCNC(CCCSC)C(=O)O. The third-order valence-corrected chi connectivity index (χ3v) is 2.53. The van der Waals surface area contributed by atoms with E-state index in [1.165, 1.54) is 0 Å². The van der Waals surface area contributed by atoms with Crippen LogP contribution < -0.4 is 5.32 Å². The summed E-state index contributed by atoms with van der Waals surface area (Å²) in [5, 5.41) is 11.8. The number of hydrogen-bond donors (Lipinski definition) is 2. The molecule has 0 aliphatic carbocycles. The van der Waals surface area contributed by atoms with Gasteiger partial charge < -0.3 is 15.2 Å². The highest BCUT2D eigenvalue weighted by Crippen LogP contribution is 2.03. The lowest BCUT2D eigenvalue weighted by Gasteiger charge is -2.13. The Morgan fingerprint density at radius 3 is 2.86 bits per heavy atom. The minimum Gasteiger partial charge on any atom is -0.480 e. The summed E-state index contributed by atoms with van der Waals surface area (Å²) in [6.45, 7) is 1.14. The van der Waals surface area contributed by atoms with Crippen LogP contribution in [-0.4, -0.2) is 49.4 Å². The summed E-state index contributed by atoms with van der Waals surface area (Å²) in [7, 11) is 1.60. The molecule has 84 valence electrons. The molecule has 1 atom stereocenters. The number of nitrogens with one attached hydrogen (secondary N) is 1. The third kappa shape index (κ3) is 7.17. The van der Waals surface area contributed by atoms with Crippen LogP contribution in [0.1, 0.15) is 12.8 Å². The summed E-state index contributed by atoms with van der Waals surface area (Å²) in [5.74, 6) is 0.234. The minimum absolute atomic E-state index is 0.433. The lowest BCUT2D eigenvalue weighted by molar-refractivity contribution is -0.139. The predicted molar refractivity (Wildman–Crippen MR) is 58.9 cm³/mol. The van der Waals surface area contributed by atoms with Crippen LogP contribution in [0.15, 0.2) is 0 Å². The van der Waals surface area contributed by atoms with Gasteiger partial charge in [0.2, 0.25) is 0 Å². The largest absolute Gasteiger partial charge is 0.480 e. The Bertz CT molecular complexity index is 145. The second kappa shape index (κ2) is 9.30. The van der Waals surface area contributed by atoms with E-state index in [1.807, 2.05) is 6.26 Å². The summed E-state index contributed by atoms with van der Waals surface area (Å²) in [4.78, 5) is 10.8. The van der Waals surface area contributed by atoms with Gasteiger partial charge in [0.15, 0.2) is 0 Å². The van der Waals surface area contributed by atoms with E-state index in [2.05, 4.69) is 5.32 Å². The molecule has 0 rings (SSSR count). The van der Waals surface area contributed by atoms with E-state index in [4.69, 9.17) is 9.84 Å². The van der Waals surface area contributed by atoms with Gasteiger partial charge in [-0.2, -0.15) is 11.8 Å². The number of hydrogen-bond acceptors (Lipinski definition) is 4. The molecule has 0 aromatic heterocycles. The minimum atomic E-state index is -0.776. The van der Waals surface area contributed by atoms with Crippen molar-refractivity contribution in [3.05, 3.63) is 0 Å². The highest BCUT2D eigenvalue weighted by atomic mass is 32.2. The zero-order valence-corrected chi connectivity index (χ0v) is 9.60. The van der Waals surface area contributed by atoms with Crippen LogP contribution in [0.2, 0.25) is 0 Å². The molecule has 0 bridgehead atoms. The first kappa shape index (κ1) is 13.7. The van der Waals surface area contributed by atoms with Gasteiger partial charge in [-0.05, 0) is 24.9 Å². The van der Waals surface area contributed by atoms with Crippen molar-refractivity contribution in [3.63, 3.8) is 0 Å². The van der Waals surface area contributed by atoms with Crippen LogP contribution in [0.4, 0.5) is 0 Å². The lowest BCUT2D eigenvalue weighted by Crippen LogP contribution is -2.38. The summed E-state index contributed by atoms with van der Waals surface area (Å²) in [6.07, 6.45) is 3.63. The van der Waals surface area contributed by atoms with Crippen molar-refractivity contribution < 1.29 is 14.6 Å². The van der Waals surface area contributed by atoms with Crippen LogP contribution in [0.25, 0.3) is 0 Å². The molecule has 0 spiro atoms. The zero-order chi connectivity index (χ0) is 10.8. The molecule has 0 saturated heterocycles. The van der Waals surface area contributed by atoms with Crippen LogP contribution in [0, 0.1) is 0 Å². The summed E-state index contributed by atoms with van der Waals surface area (Å²) in [5.41, 5.74) is 0. The van der Waals surface area contributed by atoms with Crippen LogP contribution in [0.3, 0.4) is 0 Å². The molecular weight excluding hydrogens is 202 g/mol. The Morgan fingerprint density at radius 2 is 2.36 bits per heavy atom.